The molecule has 0 aliphatic carbocycles. The second-order valence-corrected chi connectivity index (χ2v) is 3.93. The summed E-state index contributed by atoms with van der Waals surface area (Å²) in [5, 5.41) is 0. The topological polar surface area (TPSA) is 43.8 Å². The Kier molecular flexibility index (Phi) is 3.48. The molecule has 74 valence electrons. The van der Waals surface area contributed by atoms with Crippen LogP contribution in [0.3, 0.4) is 0 Å². The van der Waals surface area contributed by atoms with Gasteiger partial charge < -0.3 is 10.3 Å². The lowest BCUT2D eigenvalue weighted by Gasteiger charge is -2.14. The van der Waals surface area contributed by atoms with E-state index in [9.17, 15) is 0 Å². The van der Waals surface area contributed by atoms with Gasteiger partial charge in [0.05, 0.1) is 6.33 Å². The van der Waals surface area contributed by atoms with Crippen LogP contribution < -0.4 is 5.73 Å². The van der Waals surface area contributed by atoms with Crippen molar-refractivity contribution in [3.05, 3.63) is 18.2 Å². The van der Waals surface area contributed by atoms with E-state index >= 15 is 0 Å². The van der Waals surface area contributed by atoms with Crippen LogP contribution in [-0.4, -0.2) is 16.1 Å². The molecule has 0 aromatic carbocycles. The van der Waals surface area contributed by atoms with E-state index in [2.05, 4.69) is 30.3 Å². The molecule has 0 aliphatic heterocycles. The average molecular weight is 181 g/mol. The Labute approximate surface area is 80.0 Å². The molecule has 1 aromatic rings. The fourth-order valence-corrected chi connectivity index (χ4v) is 1.40. The second kappa shape index (κ2) is 4.42. The van der Waals surface area contributed by atoms with Crippen molar-refractivity contribution in [2.45, 2.75) is 33.2 Å². The molecule has 3 heteroatoms. The number of aromatic nitrogens is 2. The maximum absolute atomic E-state index is 5.59. The first kappa shape index (κ1) is 10.3. The number of imidazole rings is 1. The summed E-state index contributed by atoms with van der Waals surface area (Å²) in [6.07, 6.45) is 4.85. The summed E-state index contributed by atoms with van der Waals surface area (Å²) in [6.45, 7) is 7.23. The maximum atomic E-state index is 5.59. The molecule has 1 aromatic heterocycles. The summed E-state index contributed by atoms with van der Waals surface area (Å²) in [5.41, 5.74) is 6.87. The van der Waals surface area contributed by atoms with E-state index in [4.69, 9.17) is 5.73 Å². The number of hydrogen-bond acceptors (Lipinski definition) is 2. The fraction of sp³-hybridized carbons (Fsp3) is 0.700. The average Bonchev–Trinajstić information content (AvgIpc) is 2.52. The molecule has 0 saturated heterocycles. The number of hydrogen-bond donors (Lipinski definition) is 1. The molecule has 1 atom stereocenters. The van der Waals surface area contributed by atoms with Crippen molar-refractivity contribution in [3.63, 3.8) is 0 Å². The predicted octanol–water partition coefficient (Wildman–Crippen LogP) is 1.60. The molecule has 1 unspecified atom stereocenters. The normalized spacial score (nSPS) is 13.6. The highest BCUT2D eigenvalue weighted by atomic mass is 15.1. The Morgan fingerprint density at radius 2 is 2.15 bits per heavy atom. The minimum atomic E-state index is 0.488. The van der Waals surface area contributed by atoms with Crippen LogP contribution in [0.2, 0.25) is 0 Å². The van der Waals surface area contributed by atoms with Crippen molar-refractivity contribution in [1.82, 2.24) is 9.55 Å². The van der Waals surface area contributed by atoms with Gasteiger partial charge in [0.1, 0.15) is 0 Å². The highest BCUT2D eigenvalue weighted by Crippen LogP contribution is 2.12. The molecule has 0 saturated carbocycles. The van der Waals surface area contributed by atoms with Gasteiger partial charge in [-0.05, 0) is 32.7 Å². The van der Waals surface area contributed by atoms with Crippen molar-refractivity contribution in [3.8, 4) is 0 Å². The zero-order chi connectivity index (χ0) is 9.84. The molecule has 0 bridgehead atoms. The number of nitrogens with zero attached hydrogens (tertiary/aromatic N) is 2. The third-order valence-electron chi connectivity index (χ3n) is 2.26. The lowest BCUT2D eigenvalue weighted by Crippen LogP contribution is -2.15. The molecule has 0 radical (unpaired) electrons. The van der Waals surface area contributed by atoms with E-state index in [0.717, 1.165) is 13.0 Å². The van der Waals surface area contributed by atoms with Crippen molar-refractivity contribution >= 4 is 0 Å². The molecule has 1 rings (SSSR count). The van der Waals surface area contributed by atoms with Crippen molar-refractivity contribution in [2.75, 3.05) is 6.54 Å². The molecule has 3 nitrogen and oxygen atoms in total. The molecule has 0 aliphatic rings. The van der Waals surface area contributed by atoms with Gasteiger partial charge in [0.25, 0.3) is 0 Å². The molecular formula is C10H19N3. The SMILES string of the molecule is CC(CN)Cc1cncn1C(C)C. The number of rotatable bonds is 4. The fourth-order valence-electron chi connectivity index (χ4n) is 1.40. The minimum Gasteiger partial charge on any atom is -0.332 e. The van der Waals surface area contributed by atoms with Gasteiger partial charge in [-0.15, -0.1) is 0 Å². The molecular weight excluding hydrogens is 162 g/mol. The summed E-state index contributed by atoms with van der Waals surface area (Å²) in [7, 11) is 0. The Bertz CT molecular complexity index is 252. The first-order valence-electron chi connectivity index (χ1n) is 4.86. The summed E-state index contributed by atoms with van der Waals surface area (Å²) in [5.74, 6) is 0.536. The molecule has 0 spiro atoms. The van der Waals surface area contributed by atoms with Gasteiger partial charge in [-0.2, -0.15) is 0 Å². The quantitative estimate of drug-likeness (QED) is 0.766. The van der Waals surface area contributed by atoms with Gasteiger partial charge in [0, 0.05) is 17.9 Å². The Morgan fingerprint density at radius 1 is 1.46 bits per heavy atom. The van der Waals surface area contributed by atoms with Gasteiger partial charge in [-0.3, -0.25) is 0 Å². The first-order chi connectivity index (χ1) is 6.15. The smallest absolute Gasteiger partial charge is 0.0950 e. The highest BCUT2D eigenvalue weighted by molar-refractivity contribution is 5.00. The summed E-state index contributed by atoms with van der Waals surface area (Å²) in [6, 6.07) is 0.488. The van der Waals surface area contributed by atoms with E-state index in [1.807, 2.05) is 12.5 Å². The van der Waals surface area contributed by atoms with Crippen LogP contribution in [0.1, 0.15) is 32.5 Å². The van der Waals surface area contributed by atoms with E-state index in [1.165, 1.54) is 5.69 Å². The van der Waals surface area contributed by atoms with Crippen LogP contribution in [0.4, 0.5) is 0 Å². The lowest BCUT2D eigenvalue weighted by atomic mass is 10.1. The minimum absolute atomic E-state index is 0.488. The summed E-state index contributed by atoms with van der Waals surface area (Å²) >= 11 is 0. The van der Waals surface area contributed by atoms with Crippen molar-refractivity contribution < 1.29 is 0 Å². The Hall–Kier alpha value is -0.830. The van der Waals surface area contributed by atoms with Crippen LogP contribution in [-0.2, 0) is 6.42 Å². The zero-order valence-corrected chi connectivity index (χ0v) is 8.70. The number of nitrogens with two attached hydrogens (primary N) is 1. The zero-order valence-electron chi connectivity index (χ0n) is 8.70. The second-order valence-electron chi connectivity index (χ2n) is 3.93. The van der Waals surface area contributed by atoms with Gasteiger partial charge in [0.15, 0.2) is 0 Å². The third-order valence-corrected chi connectivity index (χ3v) is 2.26. The maximum Gasteiger partial charge on any atom is 0.0950 e. The van der Waals surface area contributed by atoms with Gasteiger partial charge in [-0.25, -0.2) is 4.98 Å². The summed E-state index contributed by atoms with van der Waals surface area (Å²) in [4.78, 5) is 4.15. The van der Waals surface area contributed by atoms with Crippen LogP contribution >= 0.6 is 0 Å². The van der Waals surface area contributed by atoms with E-state index in [0.29, 0.717) is 12.0 Å². The largest absolute Gasteiger partial charge is 0.332 e. The van der Waals surface area contributed by atoms with Gasteiger partial charge in [0.2, 0.25) is 0 Å². The molecule has 0 fully saturated rings. The summed E-state index contributed by atoms with van der Waals surface area (Å²) < 4.78 is 2.20. The van der Waals surface area contributed by atoms with E-state index in [-0.39, 0.29) is 0 Å². The standard InChI is InChI=1S/C10H19N3/c1-8(2)13-7-12-6-10(13)4-9(3)5-11/h6-9H,4-5,11H2,1-3H3. The third kappa shape index (κ3) is 2.56. The van der Waals surface area contributed by atoms with Gasteiger partial charge in [-0.1, -0.05) is 6.92 Å². The van der Waals surface area contributed by atoms with Crippen LogP contribution in [0.5, 0.6) is 0 Å². The van der Waals surface area contributed by atoms with Crippen molar-refractivity contribution in [1.29, 1.82) is 0 Å². The molecule has 13 heavy (non-hydrogen) atoms. The predicted molar refractivity (Wildman–Crippen MR) is 54.5 cm³/mol. The molecule has 0 amide bonds. The van der Waals surface area contributed by atoms with Gasteiger partial charge >= 0.3 is 0 Å². The highest BCUT2D eigenvalue weighted by Gasteiger charge is 2.08. The van der Waals surface area contributed by atoms with E-state index in [1.54, 1.807) is 0 Å². The van der Waals surface area contributed by atoms with Crippen molar-refractivity contribution in [2.24, 2.45) is 11.7 Å². The first-order valence-corrected chi connectivity index (χ1v) is 4.86. The molecule has 2 N–H and O–H groups in total. The Balaban J connectivity index is 2.70. The van der Waals surface area contributed by atoms with E-state index < -0.39 is 0 Å². The lowest BCUT2D eigenvalue weighted by molar-refractivity contribution is 0.522. The van der Waals surface area contributed by atoms with Crippen LogP contribution in [0.15, 0.2) is 12.5 Å². The monoisotopic (exact) mass is 181 g/mol. The van der Waals surface area contributed by atoms with Crippen LogP contribution in [0.25, 0.3) is 0 Å². The Morgan fingerprint density at radius 3 is 2.69 bits per heavy atom. The van der Waals surface area contributed by atoms with Crippen LogP contribution in [0, 0.1) is 5.92 Å². The molecule has 1 heterocycles.